The topological polar surface area (TPSA) is 26.3 Å². The first-order valence-corrected chi connectivity index (χ1v) is 3.69. The predicted molar refractivity (Wildman–Crippen MR) is 48.8 cm³/mol. The molecule has 56 valence electrons. The molecule has 1 rings (SSSR count). The quantitative estimate of drug-likeness (QED) is 0.568. The monoisotopic (exact) mass is 200 g/mol. The minimum absolute atomic E-state index is 0. The molecule has 0 fully saturated rings. The van der Waals surface area contributed by atoms with Crippen LogP contribution in [0.3, 0.4) is 0 Å². The standard InChI is InChI=1S/C6H5ClO2S.Na.H/c7-5-2-1-3-6(4-5)9-10-8;;/h1-4,10H;;. The Labute approximate surface area is 95.9 Å². The molecule has 0 aromatic heterocycles. The summed E-state index contributed by atoms with van der Waals surface area (Å²) in [7, 11) is 0. The van der Waals surface area contributed by atoms with Crippen LogP contribution in [-0.4, -0.2) is 33.8 Å². The van der Waals surface area contributed by atoms with Crippen LogP contribution in [0.2, 0.25) is 5.02 Å². The molecule has 0 N–H and O–H groups in total. The Kier molecular flexibility index (Phi) is 6.28. The summed E-state index contributed by atoms with van der Waals surface area (Å²) in [6, 6.07) is 6.71. The third-order valence-corrected chi connectivity index (χ3v) is 1.46. The van der Waals surface area contributed by atoms with Crippen molar-refractivity contribution in [2.75, 3.05) is 0 Å². The summed E-state index contributed by atoms with van der Waals surface area (Å²) in [5.74, 6) is 0.504. The van der Waals surface area contributed by atoms with Gasteiger partial charge in [0, 0.05) is 11.1 Å². The van der Waals surface area contributed by atoms with Crippen LogP contribution in [0.1, 0.15) is 0 Å². The molecule has 0 bridgehead atoms. The number of hydrogen-bond donors (Lipinski definition) is 1. The number of halogens is 1. The van der Waals surface area contributed by atoms with Gasteiger partial charge in [-0.15, -0.1) is 0 Å². The fraction of sp³-hybridized carbons (Fsp3) is 0. The van der Waals surface area contributed by atoms with Gasteiger partial charge in [0.25, 0.3) is 0 Å². The molecule has 0 aliphatic heterocycles. The van der Waals surface area contributed by atoms with Gasteiger partial charge in [-0.05, 0) is 12.1 Å². The average Bonchev–Trinajstić information content (AvgIpc) is 1.88. The molecule has 1 aromatic carbocycles. The van der Waals surface area contributed by atoms with Crippen LogP contribution in [0.4, 0.5) is 0 Å². The van der Waals surface area contributed by atoms with E-state index < -0.39 is 0 Å². The molecule has 1 aromatic rings. The molecule has 0 heterocycles. The van der Waals surface area contributed by atoms with Crippen molar-refractivity contribution in [3.8, 4) is 5.75 Å². The summed E-state index contributed by atoms with van der Waals surface area (Å²) in [4.78, 5) is 0. The third-order valence-electron chi connectivity index (χ3n) is 0.939. The van der Waals surface area contributed by atoms with Crippen LogP contribution in [0.25, 0.3) is 0 Å². The van der Waals surface area contributed by atoms with E-state index in [-0.39, 0.29) is 41.5 Å². The fourth-order valence-electron chi connectivity index (χ4n) is 0.567. The Balaban J connectivity index is 0.000001000. The molecule has 0 spiro atoms. The molecular weight excluding hydrogens is 195 g/mol. The number of rotatable bonds is 2. The predicted octanol–water partition coefficient (Wildman–Crippen LogP) is 0.931. The molecule has 0 unspecified atom stereocenters. The van der Waals surface area contributed by atoms with Gasteiger partial charge in [0.1, 0.15) is 5.75 Å². The van der Waals surface area contributed by atoms with Crippen molar-refractivity contribution >= 4 is 53.1 Å². The Morgan fingerprint density at radius 3 is 2.73 bits per heavy atom. The average molecular weight is 201 g/mol. The van der Waals surface area contributed by atoms with Crippen molar-refractivity contribution in [2.45, 2.75) is 0 Å². The van der Waals surface area contributed by atoms with E-state index in [1.807, 2.05) is 0 Å². The number of thiol groups is 1. The normalized spacial score (nSPS) is 8.45. The molecular formula is C6H6ClNaO2S. The van der Waals surface area contributed by atoms with Crippen LogP contribution in [-0.2, 0) is 11.9 Å². The van der Waals surface area contributed by atoms with E-state index in [4.69, 9.17) is 11.6 Å². The summed E-state index contributed by atoms with van der Waals surface area (Å²) >= 11 is 5.23. The maximum absolute atomic E-state index is 9.92. The zero-order valence-electron chi connectivity index (χ0n) is 4.95. The molecule has 11 heavy (non-hydrogen) atoms. The van der Waals surface area contributed by atoms with Crippen molar-refractivity contribution in [1.82, 2.24) is 0 Å². The molecule has 0 saturated carbocycles. The summed E-state index contributed by atoms with van der Waals surface area (Å²) in [6.07, 6.45) is 0. The van der Waals surface area contributed by atoms with Crippen molar-refractivity contribution < 1.29 is 8.39 Å². The molecule has 0 aliphatic carbocycles. The molecule has 2 nitrogen and oxygen atoms in total. The van der Waals surface area contributed by atoms with Crippen molar-refractivity contribution in [3.63, 3.8) is 0 Å². The van der Waals surface area contributed by atoms with E-state index in [0.29, 0.717) is 10.8 Å². The van der Waals surface area contributed by atoms with Gasteiger partial charge < -0.3 is 4.18 Å². The van der Waals surface area contributed by atoms with Crippen molar-refractivity contribution in [2.24, 2.45) is 0 Å². The second-order valence-electron chi connectivity index (χ2n) is 1.62. The van der Waals surface area contributed by atoms with E-state index in [1.165, 1.54) is 0 Å². The van der Waals surface area contributed by atoms with E-state index in [0.717, 1.165) is 0 Å². The van der Waals surface area contributed by atoms with E-state index in [2.05, 4.69) is 4.18 Å². The van der Waals surface area contributed by atoms with Gasteiger partial charge in [-0.2, -0.15) is 0 Å². The molecule has 0 aliphatic rings. The second-order valence-corrected chi connectivity index (χ2v) is 2.39. The molecule has 0 saturated heterocycles. The van der Waals surface area contributed by atoms with Gasteiger partial charge in [-0.25, -0.2) is 4.21 Å². The zero-order valence-corrected chi connectivity index (χ0v) is 6.60. The van der Waals surface area contributed by atoms with Crippen molar-refractivity contribution in [1.29, 1.82) is 0 Å². The van der Waals surface area contributed by atoms with Gasteiger partial charge in [-0.1, -0.05) is 17.7 Å². The first-order chi connectivity index (χ1) is 4.83. The van der Waals surface area contributed by atoms with E-state index in [9.17, 15) is 4.21 Å². The van der Waals surface area contributed by atoms with Gasteiger partial charge in [0.05, 0.1) is 0 Å². The fourth-order valence-corrected chi connectivity index (χ4v) is 0.947. The van der Waals surface area contributed by atoms with Crippen LogP contribution >= 0.6 is 11.6 Å². The third kappa shape index (κ3) is 4.13. The van der Waals surface area contributed by atoms with Gasteiger partial charge in [0.15, 0.2) is 11.9 Å². The molecule has 0 amide bonds. The van der Waals surface area contributed by atoms with Crippen LogP contribution in [0.5, 0.6) is 5.75 Å². The molecule has 0 radical (unpaired) electrons. The van der Waals surface area contributed by atoms with Crippen molar-refractivity contribution in [3.05, 3.63) is 29.3 Å². The van der Waals surface area contributed by atoms with E-state index >= 15 is 0 Å². The van der Waals surface area contributed by atoms with Gasteiger partial charge >= 0.3 is 29.6 Å². The summed E-state index contributed by atoms with van der Waals surface area (Å²) < 4.78 is 14.5. The minimum atomic E-state index is -0.361. The molecule has 5 heteroatoms. The number of hydrogen-bond acceptors (Lipinski definition) is 2. The zero-order chi connectivity index (χ0) is 7.40. The molecule has 0 atom stereocenters. The first kappa shape index (κ1) is 11.5. The Hall–Kier alpha value is 0.460. The number of benzene rings is 1. The van der Waals surface area contributed by atoms with E-state index in [1.54, 1.807) is 24.3 Å². The Morgan fingerprint density at radius 2 is 2.18 bits per heavy atom. The van der Waals surface area contributed by atoms with Crippen LogP contribution in [0.15, 0.2) is 24.3 Å². The van der Waals surface area contributed by atoms with Gasteiger partial charge in [-0.3, -0.25) is 0 Å². The summed E-state index contributed by atoms with van der Waals surface area (Å²) in [6.45, 7) is 0. The second kappa shape index (κ2) is 6.03. The summed E-state index contributed by atoms with van der Waals surface area (Å²) in [5.41, 5.74) is 0. The van der Waals surface area contributed by atoms with Gasteiger partial charge in [0.2, 0.25) is 0 Å². The SMILES string of the molecule is O=[SH]Oc1cccc(Cl)c1.[NaH]. The maximum atomic E-state index is 9.92. The van der Waals surface area contributed by atoms with Crippen LogP contribution in [0, 0.1) is 0 Å². The first-order valence-electron chi connectivity index (χ1n) is 2.58. The van der Waals surface area contributed by atoms with Crippen LogP contribution < -0.4 is 4.18 Å². The Bertz CT molecular complexity index is 244. The summed E-state index contributed by atoms with van der Waals surface area (Å²) in [5, 5.41) is 0.571. The Morgan fingerprint density at radius 1 is 1.45 bits per heavy atom.